The van der Waals surface area contributed by atoms with Crippen molar-refractivity contribution in [2.24, 2.45) is 22.0 Å². The first kappa shape index (κ1) is 12.3. The van der Waals surface area contributed by atoms with E-state index in [0.717, 1.165) is 25.7 Å². The van der Waals surface area contributed by atoms with Crippen LogP contribution in [-0.4, -0.2) is 13.0 Å². The Labute approximate surface area is 113 Å². The van der Waals surface area contributed by atoms with E-state index in [9.17, 15) is 8.78 Å². The van der Waals surface area contributed by atoms with Crippen molar-refractivity contribution < 1.29 is 8.78 Å². The number of nitrogens with two attached hydrogens (primary N) is 1. The summed E-state index contributed by atoms with van der Waals surface area (Å²) in [5.74, 6) is 0. The largest absolute Gasteiger partial charge is 0.327 e. The van der Waals surface area contributed by atoms with Gasteiger partial charge in [-0.3, -0.25) is 0 Å². The van der Waals surface area contributed by atoms with Gasteiger partial charge in [0.15, 0.2) is 0 Å². The number of alkyl halides is 2. The van der Waals surface area contributed by atoms with Gasteiger partial charge in [-0.05, 0) is 62.2 Å². The summed E-state index contributed by atoms with van der Waals surface area (Å²) in [6, 6.07) is 0. The quantitative estimate of drug-likeness (QED) is 0.768. The minimum absolute atomic E-state index is 0.161. The highest BCUT2D eigenvalue weighted by Gasteiger charge is 2.73. The Balaban J connectivity index is 1.58. The second kappa shape index (κ2) is 3.60. The Bertz CT molecular complexity index is 428. The van der Waals surface area contributed by atoms with E-state index in [4.69, 9.17) is 5.73 Å². The number of allylic oxidation sites excluding steroid dienone is 1. The van der Waals surface area contributed by atoms with Crippen LogP contribution in [0.2, 0.25) is 0 Å². The standard InChI is InChI=1S/C16H23F2N/c17-13(18)16-8-15(9-16,10-16)12-6-14(3-1-4-14)5-2-11(12)7-19/h13H,1-10,19H2. The minimum atomic E-state index is -2.11. The summed E-state index contributed by atoms with van der Waals surface area (Å²) in [7, 11) is 0. The minimum Gasteiger partial charge on any atom is -0.327 e. The second-order valence-electron chi connectivity index (χ2n) is 7.79. The molecule has 0 atom stereocenters. The molecule has 0 radical (unpaired) electrons. The van der Waals surface area contributed by atoms with Crippen molar-refractivity contribution >= 4 is 0 Å². The van der Waals surface area contributed by atoms with E-state index >= 15 is 0 Å². The third kappa shape index (κ3) is 1.43. The van der Waals surface area contributed by atoms with Crippen LogP contribution in [0.4, 0.5) is 8.78 Å². The zero-order valence-electron chi connectivity index (χ0n) is 11.5. The van der Waals surface area contributed by atoms with E-state index in [1.165, 1.54) is 43.3 Å². The van der Waals surface area contributed by atoms with E-state index in [-0.39, 0.29) is 5.41 Å². The lowest BCUT2D eigenvalue weighted by molar-refractivity contribution is -0.250. The molecule has 0 saturated heterocycles. The molecule has 5 aliphatic rings. The van der Waals surface area contributed by atoms with Crippen molar-refractivity contribution in [2.45, 2.75) is 64.2 Å². The molecule has 0 aliphatic heterocycles. The fourth-order valence-electron chi connectivity index (χ4n) is 5.46. The van der Waals surface area contributed by atoms with Gasteiger partial charge >= 0.3 is 0 Å². The lowest BCUT2D eigenvalue weighted by Gasteiger charge is -2.72. The number of halogens is 2. The van der Waals surface area contributed by atoms with Gasteiger partial charge in [0.05, 0.1) is 0 Å². The average Bonchev–Trinajstić information content (AvgIpc) is 2.22. The Kier molecular flexibility index (Phi) is 2.33. The van der Waals surface area contributed by atoms with Gasteiger partial charge in [0.1, 0.15) is 0 Å². The topological polar surface area (TPSA) is 26.0 Å². The van der Waals surface area contributed by atoms with E-state index in [2.05, 4.69) is 0 Å². The van der Waals surface area contributed by atoms with Gasteiger partial charge in [-0.15, -0.1) is 0 Å². The zero-order chi connectivity index (χ0) is 13.3. The summed E-state index contributed by atoms with van der Waals surface area (Å²) >= 11 is 0. The third-order valence-electron chi connectivity index (χ3n) is 6.77. The highest BCUT2D eigenvalue weighted by atomic mass is 19.3. The molecule has 0 unspecified atom stereocenters. The number of hydrogen-bond donors (Lipinski definition) is 1. The smallest absolute Gasteiger partial charge is 0.244 e. The fraction of sp³-hybridized carbons (Fsp3) is 0.875. The van der Waals surface area contributed by atoms with Crippen LogP contribution in [-0.2, 0) is 0 Å². The maximum atomic E-state index is 13.0. The first-order valence-corrected chi connectivity index (χ1v) is 7.73. The first-order valence-electron chi connectivity index (χ1n) is 7.73. The number of hydrogen-bond acceptors (Lipinski definition) is 1. The highest BCUT2D eigenvalue weighted by molar-refractivity contribution is 5.39. The molecule has 0 aromatic carbocycles. The maximum absolute atomic E-state index is 13.0. The zero-order valence-corrected chi connectivity index (χ0v) is 11.5. The molecule has 4 fully saturated rings. The lowest BCUT2D eigenvalue weighted by atomic mass is 9.31. The lowest BCUT2D eigenvalue weighted by Crippen LogP contribution is -2.66. The van der Waals surface area contributed by atoms with E-state index in [1.807, 2.05) is 0 Å². The molecule has 1 spiro atoms. The molecule has 0 aromatic rings. The van der Waals surface area contributed by atoms with Crippen molar-refractivity contribution in [1.82, 2.24) is 0 Å². The molecule has 0 amide bonds. The third-order valence-corrected chi connectivity index (χ3v) is 6.77. The first-order chi connectivity index (χ1) is 9.03. The predicted molar refractivity (Wildman–Crippen MR) is 70.9 cm³/mol. The summed E-state index contributed by atoms with van der Waals surface area (Å²) in [6.45, 7) is 0.648. The Hall–Kier alpha value is -0.440. The molecule has 4 saturated carbocycles. The average molecular weight is 267 g/mol. The van der Waals surface area contributed by atoms with Crippen molar-refractivity contribution in [1.29, 1.82) is 0 Å². The predicted octanol–water partition coefficient (Wildman–Crippen LogP) is 4.03. The van der Waals surface area contributed by atoms with Gasteiger partial charge in [-0.2, -0.15) is 0 Å². The molecule has 0 heterocycles. The summed E-state index contributed by atoms with van der Waals surface area (Å²) < 4.78 is 26.0. The molecule has 106 valence electrons. The Morgan fingerprint density at radius 2 is 1.79 bits per heavy atom. The van der Waals surface area contributed by atoms with Gasteiger partial charge in [0.2, 0.25) is 6.43 Å². The van der Waals surface area contributed by atoms with Crippen LogP contribution < -0.4 is 5.73 Å². The normalized spacial score (nSPS) is 42.9. The van der Waals surface area contributed by atoms with Gasteiger partial charge in [0.25, 0.3) is 0 Å². The van der Waals surface area contributed by atoms with E-state index in [1.54, 1.807) is 0 Å². The molecule has 3 heteroatoms. The molecule has 5 aliphatic carbocycles. The molecular formula is C16H23F2N. The van der Waals surface area contributed by atoms with Crippen LogP contribution in [0.15, 0.2) is 11.1 Å². The Morgan fingerprint density at radius 3 is 2.26 bits per heavy atom. The van der Waals surface area contributed by atoms with E-state index in [0.29, 0.717) is 12.0 Å². The van der Waals surface area contributed by atoms with Crippen LogP contribution in [0.5, 0.6) is 0 Å². The van der Waals surface area contributed by atoms with Gasteiger partial charge in [0, 0.05) is 12.0 Å². The van der Waals surface area contributed by atoms with Crippen molar-refractivity contribution in [3.05, 3.63) is 11.1 Å². The number of rotatable bonds is 3. The van der Waals surface area contributed by atoms with Crippen LogP contribution in [0.3, 0.4) is 0 Å². The van der Waals surface area contributed by atoms with Crippen LogP contribution in [0.1, 0.15) is 57.8 Å². The van der Waals surface area contributed by atoms with Gasteiger partial charge in [-0.1, -0.05) is 17.6 Å². The Morgan fingerprint density at radius 1 is 1.11 bits per heavy atom. The van der Waals surface area contributed by atoms with Crippen molar-refractivity contribution in [2.75, 3.05) is 6.54 Å². The van der Waals surface area contributed by atoms with Crippen LogP contribution >= 0.6 is 0 Å². The fourth-order valence-corrected chi connectivity index (χ4v) is 5.46. The summed E-state index contributed by atoms with van der Waals surface area (Å²) in [6.07, 6.45) is 7.78. The molecule has 5 rings (SSSR count). The molecule has 2 N–H and O–H groups in total. The van der Waals surface area contributed by atoms with E-state index < -0.39 is 11.8 Å². The van der Waals surface area contributed by atoms with Gasteiger partial charge < -0.3 is 5.73 Å². The maximum Gasteiger partial charge on any atom is 0.244 e. The summed E-state index contributed by atoms with van der Waals surface area (Å²) in [4.78, 5) is 0. The second-order valence-corrected chi connectivity index (χ2v) is 7.79. The van der Waals surface area contributed by atoms with Crippen molar-refractivity contribution in [3.63, 3.8) is 0 Å². The van der Waals surface area contributed by atoms with Crippen LogP contribution in [0, 0.1) is 16.2 Å². The van der Waals surface area contributed by atoms with Crippen molar-refractivity contribution in [3.8, 4) is 0 Å². The molecule has 0 aromatic heterocycles. The SMILES string of the molecule is NCC1=C(C23CC(C(F)F)(C2)C3)CC2(CCC2)CC1. The monoisotopic (exact) mass is 267 g/mol. The molecular weight excluding hydrogens is 244 g/mol. The summed E-state index contributed by atoms with van der Waals surface area (Å²) in [5.41, 5.74) is 8.97. The molecule has 1 nitrogen and oxygen atoms in total. The summed E-state index contributed by atoms with van der Waals surface area (Å²) in [5, 5.41) is 0. The molecule has 2 bridgehead atoms. The van der Waals surface area contributed by atoms with Gasteiger partial charge in [-0.25, -0.2) is 8.78 Å². The molecule has 19 heavy (non-hydrogen) atoms. The van der Waals surface area contributed by atoms with Crippen LogP contribution in [0.25, 0.3) is 0 Å². The highest BCUT2D eigenvalue weighted by Crippen LogP contribution is 2.80.